The minimum atomic E-state index is -0.261. The molecule has 2 aromatic heterocycles. The SMILES string of the molecule is CCOCCCn1c(SCC(=O)Nc2ccc(Cl)cc2)nc2c(oc3ccccc32)c1=O. The number of aromatic nitrogens is 2. The molecule has 1 N–H and O–H groups in total. The van der Waals surface area contributed by atoms with Crippen molar-refractivity contribution in [2.45, 2.75) is 25.0 Å². The first-order valence-corrected chi connectivity index (χ1v) is 11.6. The van der Waals surface area contributed by atoms with Gasteiger partial charge in [-0.1, -0.05) is 35.5 Å². The third kappa shape index (κ3) is 4.98. The van der Waals surface area contributed by atoms with Gasteiger partial charge in [-0.2, -0.15) is 0 Å². The molecule has 32 heavy (non-hydrogen) atoms. The van der Waals surface area contributed by atoms with E-state index in [0.717, 1.165) is 5.39 Å². The number of anilines is 1. The van der Waals surface area contributed by atoms with Gasteiger partial charge in [-0.05, 0) is 49.7 Å². The van der Waals surface area contributed by atoms with E-state index in [0.29, 0.717) is 53.1 Å². The summed E-state index contributed by atoms with van der Waals surface area (Å²) >= 11 is 7.10. The lowest BCUT2D eigenvalue weighted by atomic mass is 10.2. The Kier molecular flexibility index (Phi) is 7.14. The molecule has 0 radical (unpaired) electrons. The molecule has 1 amide bonds. The predicted molar refractivity (Wildman–Crippen MR) is 128 cm³/mol. The van der Waals surface area contributed by atoms with Gasteiger partial charge >= 0.3 is 0 Å². The van der Waals surface area contributed by atoms with Crippen LogP contribution in [0.1, 0.15) is 13.3 Å². The number of nitrogens with zero attached hydrogens (tertiary/aromatic N) is 2. The fourth-order valence-corrected chi connectivity index (χ4v) is 4.23. The molecule has 2 heterocycles. The van der Waals surface area contributed by atoms with Crippen molar-refractivity contribution in [1.82, 2.24) is 9.55 Å². The van der Waals surface area contributed by atoms with Gasteiger partial charge in [0.1, 0.15) is 11.1 Å². The van der Waals surface area contributed by atoms with Crippen LogP contribution in [-0.4, -0.2) is 34.4 Å². The Balaban J connectivity index is 1.61. The molecule has 0 aliphatic carbocycles. The summed E-state index contributed by atoms with van der Waals surface area (Å²) in [5.41, 5.74) is 1.72. The summed E-state index contributed by atoms with van der Waals surface area (Å²) in [4.78, 5) is 30.4. The Bertz CT molecular complexity index is 1300. The summed E-state index contributed by atoms with van der Waals surface area (Å²) in [6, 6.07) is 14.3. The number of benzene rings is 2. The first kappa shape index (κ1) is 22.4. The van der Waals surface area contributed by atoms with E-state index in [1.807, 2.05) is 31.2 Å². The zero-order valence-electron chi connectivity index (χ0n) is 17.5. The van der Waals surface area contributed by atoms with Crippen molar-refractivity contribution in [3.63, 3.8) is 0 Å². The zero-order chi connectivity index (χ0) is 22.5. The Labute approximate surface area is 193 Å². The quantitative estimate of drug-likeness (QED) is 0.211. The molecule has 9 heteroatoms. The van der Waals surface area contributed by atoms with Crippen LogP contribution in [0.3, 0.4) is 0 Å². The maximum Gasteiger partial charge on any atom is 0.297 e. The highest BCUT2D eigenvalue weighted by atomic mass is 35.5. The van der Waals surface area contributed by atoms with Crippen LogP contribution in [0.2, 0.25) is 5.02 Å². The fraction of sp³-hybridized carbons (Fsp3) is 0.261. The summed E-state index contributed by atoms with van der Waals surface area (Å²) in [6.45, 7) is 3.49. The van der Waals surface area contributed by atoms with Crippen LogP contribution in [0.15, 0.2) is 62.9 Å². The highest BCUT2D eigenvalue weighted by molar-refractivity contribution is 7.99. The van der Waals surface area contributed by atoms with E-state index in [1.54, 1.807) is 28.8 Å². The van der Waals surface area contributed by atoms with E-state index in [4.69, 9.17) is 25.7 Å². The second kappa shape index (κ2) is 10.2. The number of hydrogen-bond acceptors (Lipinski definition) is 6. The van der Waals surface area contributed by atoms with E-state index in [9.17, 15) is 9.59 Å². The number of para-hydroxylation sites is 1. The van der Waals surface area contributed by atoms with Crippen LogP contribution in [0.4, 0.5) is 5.69 Å². The topological polar surface area (TPSA) is 86.4 Å². The minimum absolute atomic E-state index is 0.0990. The van der Waals surface area contributed by atoms with Gasteiger partial charge < -0.3 is 14.5 Å². The van der Waals surface area contributed by atoms with Gasteiger partial charge in [0.05, 0.1) is 5.75 Å². The molecule has 0 unspecified atom stereocenters. The lowest BCUT2D eigenvalue weighted by molar-refractivity contribution is -0.113. The molecule has 4 aromatic rings. The summed E-state index contributed by atoms with van der Waals surface area (Å²) in [7, 11) is 0. The molecule has 0 saturated carbocycles. The maximum atomic E-state index is 13.2. The second-order valence-electron chi connectivity index (χ2n) is 7.02. The first-order valence-electron chi connectivity index (χ1n) is 10.2. The van der Waals surface area contributed by atoms with Crippen molar-refractivity contribution in [2.24, 2.45) is 0 Å². The molecule has 0 spiro atoms. The average Bonchev–Trinajstić information content (AvgIpc) is 3.17. The van der Waals surface area contributed by atoms with Gasteiger partial charge in [0, 0.05) is 35.9 Å². The number of furan rings is 1. The van der Waals surface area contributed by atoms with Gasteiger partial charge in [-0.15, -0.1) is 0 Å². The van der Waals surface area contributed by atoms with E-state index in [-0.39, 0.29) is 22.8 Å². The molecular weight excluding hydrogens is 450 g/mol. The number of fused-ring (bicyclic) bond motifs is 3. The second-order valence-corrected chi connectivity index (χ2v) is 8.40. The van der Waals surface area contributed by atoms with Crippen LogP contribution < -0.4 is 10.9 Å². The Morgan fingerprint density at radius 3 is 2.78 bits per heavy atom. The van der Waals surface area contributed by atoms with Gasteiger partial charge in [-0.25, -0.2) is 4.98 Å². The van der Waals surface area contributed by atoms with Gasteiger partial charge in [0.2, 0.25) is 11.5 Å². The molecule has 166 valence electrons. The summed E-state index contributed by atoms with van der Waals surface area (Å²) < 4.78 is 12.8. The number of rotatable bonds is 9. The predicted octanol–water partition coefficient (Wildman–Crippen LogP) is 4.95. The number of nitrogens with one attached hydrogen (secondary N) is 1. The van der Waals surface area contributed by atoms with E-state index >= 15 is 0 Å². The van der Waals surface area contributed by atoms with Gasteiger partial charge in [-0.3, -0.25) is 14.2 Å². The van der Waals surface area contributed by atoms with Crippen molar-refractivity contribution < 1.29 is 13.9 Å². The molecule has 0 bridgehead atoms. The van der Waals surface area contributed by atoms with E-state index in [1.165, 1.54) is 11.8 Å². The molecule has 4 rings (SSSR count). The Hall–Kier alpha value is -2.81. The number of halogens is 1. The van der Waals surface area contributed by atoms with Crippen molar-refractivity contribution in [3.8, 4) is 0 Å². The van der Waals surface area contributed by atoms with Gasteiger partial charge in [0.15, 0.2) is 5.16 Å². The molecule has 7 nitrogen and oxygen atoms in total. The Morgan fingerprint density at radius 1 is 1.22 bits per heavy atom. The van der Waals surface area contributed by atoms with Crippen LogP contribution in [0.5, 0.6) is 0 Å². The molecule has 0 saturated heterocycles. The van der Waals surface area contributed by atoms with E-state index < -0.39 is 0 Å². The van der Waals surface area contributed by atoms with Crippen LogP contribution >= 0.6 is 23.4 Å². The molecule has 2 aromatic carbocycles. The van der Waals surface area contributed by atoms with Crippen molar-refractivity contribution in [1.29, 1.82) is 0 Å². The lowest BCUT2D eigenvalue weighted by Gasteiger charge is -2.12. The number of amides is 1. The zero-order valence-corrected chi connectivity index (χ0v) is 19.0. The third-order valence-electron chi connectivity index (χ3n) is 4.78. The molecule has 0 fully saturated rings. The van der Waals surface area contributed by atoms with Gasteiger partial charge in [0.25, 0.3) is 5.56 Å². The highest BCUT2D eigenvalue weighted by Gasteiger charge is 2.18. The van der Waals surface area contributed by atoms with Crippen LogP contribution in [-0.2, 0) is 16.1 Å². The van der Waals surface area contributed by atoms with E-state index in [2.05, 4.69) is 5.32 Å². The highest BCUT2D eigenvalue weighted by Crippen LogP contribution is 2.27. The van der Waals surface area contributed by atoms with Crippen molar-refractivity contribution in [2.75, 3.05) is 24.3 Å². The number of carbonyl (C=O) groups is 1. The molecule has 0 aliphatic heterocycles. The Morgan fingerprint density at radius 2 is 2.00 bits per heavy atom. The van der Waals surface area contributed by atoms with Crippen molar-refractivity contribution >= 4 is 57.0 Å². The smallest absolute Gasteiger partial charge is 0.297 e. The number of hydrogen-bond donors (Lipinski definition) is 1. The normalized spacial score (nSPS) is 11.3. The average molecular weight is 472 g/mol. The maximum absolute atomic E-state index is 13.2. The van der Waals surface area contributed by atoms with Crippen LogP contribution in [0, 0.1) is 0 Å². The third-order valence-corrected chi connectivity index (χ3v) is 6.01. The summed E-state index contributed by atoms with van der Waals surface area (Å²) in [5, 5.41) is 4.66. The standard InChI is InChI=1S/C23H22ClN3O4S/c1-2-30-13-5-12-27-22(29)21-20(17-6-3-4-7-18(17)31-21)26-23(27)32-14-19(28)25-16-10-8-15(24)9-11-16/h3-4,6-11H,2,5,12-14H2,1H3,(H,25,28). The lowest BCUT2D eigenvalue weighted by Crippen LogP contribution is -2.24. The molecule has 0 atom stereocenters. The molecular formula is C23H22ClN3O4S. The number of carbonyl (C=O) groups excluding carboxylic acids is 1. The number of ether oxygens (including phenoxy) is 1. The minimum Gasteiger partial charge on any atom is -0.448 e. The largest absolute Gasteiger partial charge is 0.448 e. The summed E-state index contributed by atoms with van der Waals surface area (Å²) in [6.07, 6.45) is 0.645. The fourth-order valence-electron chi connectivity index (χ4n) is 3.29. The van der Waals surface area contributed by atoms with Crippen LogP contribution in [0.25, 0.3) is 22.1 Å². The monoisotopic (exact) mass is 471 g/mol. The first-order chi connectivity index (χ1) is 15.6. The summed E-state index contributed by atoms with van der Waals surface area (Å²) in [5.74, 6) is -0.105. The number of thioether (sulfide) groups is 1. The molecule has 0 aliphatic rings. The van der Waals surface area contributed by atoms with Crippen molar-refractivity contribution in [3.05, 3.63) is 63.9 Å².